The fourth-order valence-corrected chi connectivity index (χ4v) is 5.36. The zero-order chi connectivity index (χ0) is 12.6. The van der Waals surface area contributed by atoms with Crippen LogP contribution in [0.5, 0.6) is 0 Å². The summed E-state index contributed by atoms with van der Waals surface area (Å²) in [5.74, 6) is 2.59. The Labute approximate surface area is 119 Å². The summed E-state index contributed by atoms with van der Waals surface area (Å²) < 4.78 is 0. The Balaban J connectivity index is 2.89. The standard InChI is InChI=1S/C14H26S3/c1-3-5-7-9-11-13-15-17-16-14-12-10-8-6-4-2/h3-4H,1-2,5-14H2. The highest BCUT2D eigenvalue weighted by molar-refractivity contribution is 9.09. The van der Waals surface area contributed by atoms with Crippen LogP contribution in [0.1, 0.15) is 51.4 Å². The number of allylic oxidation sites excluding steroid dienone is 2. The molecule has 0 nitrogen and oxygen atoms in total. The first-order valence-electron chi connectivity index (χ1n) is 6.54. The summed E-state index contributed by atoms with van der Waals surface area (Å²) in [6, 6.07) is 0. The minimum atomic E-state index is 1.18. The molecule has 0 aliphatic carbocycles. The zero-order valence-corrected chi connectivity index (χ0v) is 13.3. The van der Waals surface area contributed by atoms with Gasteiger partial charge in [-0.3, -0.25) is 0 Å². The average Bonchev–Trinajstić information content (AvgIpc) is 2.35. The van der Waals surface area contributed by atoms with Gasteiger partial charge in [-0.05, 0) is 48.4 Å². The molecule has 0 fully saturated rings. The van der Waals surface area contributed by atoms with Crippen molar-refractivity contribution in [2.45, 2.75) is 51.4 Å². The van der Waals surface area contributed by atoms with Crippen molar-refractivity contribution < 1.29 is 0 Å². The van der Waals surface area contributed by atoms with E-state index < -0.39 is 0 Å². The van der Waals surface area contributed by atoms with Gasteiger partial charge >= 0.3 is 0 Å². The Hall–Kier alpha value is 0.530. The molecule has 0 aliphatic heterocycles. The van der Waals surface area contributed by atoms with Gasteiger partial charge in [-0.2, -0.15) is 0 Å². The molecule has 0 bridgehead atoms. The van der Waals surface area contributed by atoms with Gasteiger partial charge in [-0.15, -0.1) is 13.2 Å². The highest BCUT2D eigenvalue weighted by Crippen LogP contribution is 2.35. The quantitative estimate of drug-likeness (QED) is 0.203. The molecular formula is C14H26S3. The van der Waals surface area contributed by atoms with Crippen LogP contribution in [-0.2, 0) is 0 Å². The first kappa shape index (κ1) is 17.5. The fourth-order valence-electron chi connectivity index (χ4n) is 1.35. The summed E-state index contributed by atoms with van der Waals surface area (Å²) in [6.45, 7) is 7.47. The van der Waals surface area contributed by atoms with E-state index in [4.69, 9.17) is 0 Å². The van der Waals surface area contributed by atoms with E-state index in [2.05, 4.69) is 13.2 Å². The van der Waals surface area contributed by atoms with Crippen LogP contribution in [0.15, 0.2) is 25.3 Å². The molecule has 17 heavy (non-hydrogen) atoms. The Morgan fingerprint density at radius 3 is 1.53 bits per heavy atom. The van der Waals surface area contributed by atoms with Crippen LogP contribution in [0.2, 0.25) is 0 Å². The topological polar surface area (TPSA) is 0 Å². The summed E-state index contributed by atoms with van der Waals surface area (Å²) in [6.07, 6.45) is 14.4. The van der Waals surface area contributed by atoms with Gasteiger partial charge in [0.25, 0.3) is 0 Å². The minimum Gasteiger partial charge on any atom is -0.103 e. The van der Waals surface area contributed by atoms with E-state index in [0.29, 0.717) is 0 Å². The summed E-state index contributed by atoms with van der Waals surface area (Å²) >= 11 is 0. The van der Waals surface area contributed by atoms with Crippen molar-refractivity contribution in [3.8, 4) is 0 Å². The van der Waals surface area contributed by atoms with Crippen LogP contribution in [0.4, 0.5) is 0 Å². The van der Waals surface area contributed by atoms with Gasteiger partial charge in [0.05, 0.1) is 0 Å². The highest BCUT2D eigenvalue weighted by Gasteiger charge is 1.93. The molecule has 0 aromatic carbocycles. The maximum atomic E-state index is 3.74. The highest BCUT2D eigenvalue weighted by atomic mass is 33.5. The van der Waals surface area contributed by atoms with E-state index in [1.807, 2.05) is 43.6 Å². The molecule has 0 spiro atoms. The second-order valence-corrected chi connectivity index (χ2v) is 8.46. The van der Waals surface area contributed by atoms with E-state index in [-0.39, 0.29) is 0 Å². The van der Waals surface area contributed by atoms with Crippen molar-refractivity contribution in [3.05, 3.63) is 25.3 Å². The van der Waals surface area contributed by atoms with Gasteiger partial charge in [0.1, 0.15) is 0 Å². The zero-order valence-electron chi connectivity index (χ0n) is 10.9. The molecule has 0 saturated carbocycles. The molecule has 0 aromatic rings. The third kappa shape index (κ3) is 16.5. The summed E-state index contributed by atoms with van der Waals surface area (Å²) in [4.78, 5) is 0. The number of rotatable bonds is 14. The molecule has 0 amide bonds. The lowest BCUT2D eigenvalue weighted by molar-refractivity contribution is 0.736. The smallest absolute Gasteiger partial charge is 0.00451 e. The van der Waals surface area contributed by atoms with E-state index >= 15 is 0 Å². The molecule has 3 heteroatoms. The van der Waals surface area contributed by atoms with E-state index in [1.54, 1.807) is 0 Å². The first-order valence-corrected chi connectivity index (χ1v) is 10.4. The Morgan fingerprint density at radius 2 is 1.12 bits per heavy atom. The van der Waals surface area contributed by atoms with Gasteiger partial charge < -0.3 is 0 Å². The van der Waals surface area contributed by atoms with Crippen LogP contribution in [0, 0.1) is 0 Å². The Morgan fingerprint density at radius 1 is 0.647 bits per heavy atom. The number of hydrogen-bond donors (Lipinski definition) is 0. The van der Waals surface area contributed by atoms with Crippen molar-refractivity contribution in [2.24, 2.45) is 0 Å². The van der Waals surface area contributed by atoms with E-state index in [9.17, 15) is 0 Å². The van der Waals surface area contributed by atoms with Gasteiger partial charge in [0.15, 0.2) is 0 Å². The van der Waals surface area contributed by atoms with Gasteiger partial charge in [0, 0.05) is 11.5 Å². The van der Waals surface area contributed by atoms with Crippen molar-refractivity contribution in [2.75, 3.05) is 11.5 Å². The molecule has 0 rings (SSSR count). The third-order valence-corrected chi connectivity index (χ3v) is 6.78. The van der Waals surface area contributed by atoms with Gasteiger partial charge in [-0.25, -0.2) is 0 Å². The molecule has 0 aliphatic rings. The molecule has 0 aromatic heterocycles. The summed E-state index contributed by atoms with van der Waals surface area (Å²) in [5.41, 5.74) is 0. The Kier molecular flexibility index (Phi) is 17.0. The van der Waals surface area contributed by atoms with Crippen LogP contribution >= 0.6 is 31.4 Å². The van der Waals surface area contributed by atoms with Crippen LogP contribution in [0.25, 0.3) is 0 Å². The molecule has 0 radical (unpaired) electrons. The average molecular weight is 291 g/mol. The lowest BCUT2D eigenvalue weighted by Crippen LogP contribution is -1.79. The van der Waals surface area contributed by atoms with Crippen LogP contribution < -0.4 is 0 Å². The Bertz CT molecular complexity index is 151. The molecule has 0 unspecified atom stereocenters. The summed E-state index contributed by atoms with van der Waals surface area (Å²) in [5, 5.41) is 0. The molecule has 0 heterocycles. The number of hydrogen-bond acceptors (Lipinski definition) is 3. The van der Waals surface area contributed by atoms with Crippen molar-refractivity contribution >= 4 is 31.4 Å². The lowest BCUT2D eigenvalue weighted by Gasteiger charge is -2.01. The third-order valence-electron chi connectivity index (χ3n) is 2.37. The molecule has 100 valence electrons. The second kappa shape index (κ2) is 16.5. The lowest BCUT2D eigenvalue weighted by atomic mass is 10.2. The molecule has 0 N–H and O–H groups in total. The van der Waals surface area contributed by atoms with Crippen molar-refractivity contribution in [1.82, 2.24) is 0 Å². The van der Waals surface area contributed by atoms with Gasteiger partial charge in [-0.1, -0.05) is 46.6 Å². The summed E-state index contributed by atoms with van der Waals surface area (Å²) in [7, 11) is 6.01. The molecule has 0 saturated heterocycles. The minimum absolute atomic E-state index is 1.18. The fraction of sp³-hybridized carbons (Fsp3) is 0.714. The van der Waals surface area contributed by atoms with Crippen LogP contribution in [0.3, 0.4) is 0 Å². The SMILES string of the molecule is C=CCCCCCSSSCCCCCC=C. The molecular weight excluding hydrogens is 264 g/mol. The number of unbranched alkanes of at least 4 members (excludes halogenated alkanes) is 6. The second-order valence-electron chi connectivity index (χ2n) is 3.99. The maximum Gasteiger partial charge on any atom is 0.00451 e. The normalized spacial score (nSPS) is 10.4. The largest absolute Gasteiger partial charge is 0.103 e. The van der Waals surface area contributed by atoms with E-state index in [1.165, 1.54) is 62.9 Å². The molecule has 0 atom stereocenters. The van der Waals surface area contributed by atoms with Crippen LogP contribution in [-0.4, -0.2) is 11.5 Å². The maximum absolute atomic E-state index is 3.74. The van der Waals surface area contributed by atoms with Gasteiger partial charge in [0.2, 0.25) is 0 Å². The predicted molar refractivity (Wildman–Crippen MR) is 89.8 cm³/mol. The first-order chi connectivity index (χ1) is 8.41. The van der Waals surface area contributed by atoms with Crippen molar-refractivity contribution in [1.29, 1.82) is 0 Å². The predicted octanol–water partition coefficient (Wildman–Crippen LogP) is 6.51. The monoisotopic (exact) mass is 290 g/mol. The van der Waals surface area contributed by atoms with Crippen molar-refractivity contribution in [3.63, 3.8) is 0 Å². The van der Waals surface area contributed by atoms with E-state index in [0.717, 1.165) is 0 Å².